The molecule has 2 aromatic carbocycles. The van der Waals surface area contributed by atoms with Crippen LogP contribution in [0.5, 0.6) is 0 Å². The predicted octanol–water partition coefficient (Wildman–Crippen LogP) is 3.34. The van der Waals surface area contributed by atoms with Crippen molar-refractivity contribution in [1.82, 2.24) is 5.32 Å². The Hall–Kier alpha value is -2.06. The summed E-state index contributed by atoms with van der Waals surface area (Å²) in [6.45, 7) is 7.30. The summed E-state index contributed by atoms with van der Waals surface area (Å²) in [5.74, 6) is 0. The van der Waals surface area contributed by atoms with Crippen molar-refractivity contribution in [3.63, 3.8) is 0 Å². The van der Waals surface area contributed by atoms with Crippen molar-refractivity contribution in [3.05, 3.63) is 83.1 Å². The van der Waals surface area contributed by atoms with Crippen LogP contribution >= 0.6 is 0 Å². The molecule has 0 saturated carbocycles. The molecule has 110 valence electrons. The van der Waals surface area contributed by atoms with Gasteiger partial charge in [-0.3, -0.25) is 0 Å². The number of nitrogens with two attached hydrogens (primary N) is 1. The molecule has 21 heavy (non-hydrogen) atoms. The summed E-state index contributed by atoms with van der Waals surface area (Å²) in [6.07, 6.45) is 2.17. The van der Waals surface area contributed by atoms with Gasteiger partial charge in [-0.05, 0) is 36.5 Å². The number of aryl methyl sites for hydroxylation is 3. The van der Waals surface area contributed by atoms with Gasteiger partial charge in [0, 0.05) is 18.8 Å². The lowest BCUT2D eigenvalue weighted by Gasteiger charge is -2.07. The molecule has 0 aromatic heterocycles. The van der Waals surface area contributed by atoms with Gasteiger partial charge in [-0.1, -0.05) is 60.7 Å². The van der Waals surface area contributed by atoms with Gasteiger partial charge in [0.25, 0.3) is 0 Å². The maximum absolute atomic E-state index is 5.53. The van der Waals surface area contributed by atoms with Crippen molar-refractivity contribution in [1.29, 1.82) is 0 Å². The summed E-state index contributed by atoms with van der Waals surface area (Å²) < 4.78 is 0. The summed E-state index contributed by atoms with van der Waals surface area (Å²) in [4.78, 5) is 0. The maximum atomic E-state index is 5.53. The first-order valence-corrected chi connectivity index (χ1v) is 7.41. The SMILES string of the molecule is C=C(N)CNCc1ccc(CCc2cccc(C)c2)cc1. The second kappa shape index (κ2) is 7.65. The Labute approximate surface area is 127 Å². The Morgan fingerprint density at radius 2 is 1.67 bits per heavy atom. The van der Waals surface area contributed by atoms with E-state index < -0.39 is 0 Å². The average molecular weight is 280 g/mol. The predicted molar refractivity (Wildman–Crippen MR) is 90.1 cm³/mol. The highest BCUT2D eigenvalue weighted by Gasteiger charge is 1.98. The molecule has 0 aliphatic heterocycles. The lowest BCUT2D eigenvalue weighted by Crippen LogP contribution is -2.19. The fourth-order valence-electron chi connectivity index (χ4n) is 2.35. The van der Waals surface area contributed by atoms with E-state index in [0.29, 0.717) is 12.2 Å². The van der Waals surface area contributed by atoms with E-state index in [1.807, 2.05) is 0 Å². The highest BCUT2D eigenvalue weighted by molar-refractivity contribution is 5.26. The summed E-state index contributed by atoms with van der Waals surface area (Å²) >= 11 is 0. The second-order valence-corrected chi connectivity index (χ2v) is 5.57. The van der Waals surface area contributed by atoms with Gasteiger partial charge in [-0.15, -0.1) is 0 Å². The number of nitrogens with one attached hydrogen (secondary N) is 1. The molecule has 0 unspecified atom stereocenters. The molecule has 0 bridgehead atoms. The quantitative estimate of drug-likeness (QED) is 0.816. The number of rotatable bonds is 7. The lowest BCUT2D eigenvalue weighted by atomic mass is 10.0. The van der Waals surface area contributed by atoms with Crippen LogP contribution in [0.2, 0.25) is 0 Å². The minimum absolute atomic E-state index is 0.662. The third-order valence-corrected chi connectivity index (χ3v) is 3.49. The zero-order chi connectivity index (χ0) is 15.1. The molecule has 0 fully saturated rings. The van der Waals surface area contributed by atoms with Crippen molar-refractivity contribution >= 4 is 0 Å². The van der Waals surface area contributed by atoms with Gasteiger partial charge < -0.3 is 11.1 Å². The summed E-state index contributed by atoms with van der Waals surface area (Å²) in [6, 6.07) is 17.5. The van der Waals surface area contributed by atoms with E-state index in [1.165, 1.54) is 22.3 Å². The molecule has 0 amide bonds. The van der Waals surface area contributed by atoms with Crippen LogP contribution in [-0.4, -0.2) is 6.54 Å². The number of hydrogen-bond donors (Lipinski definition) is 2. The first kappa shape index (κ1) is 15.3. The molecule has 2 aromatic rings. The van der Waals surface area contributed by atoms with Crippen LogP contribution in [-0.2, 0) is 19.4 Å². The summed E-state index contributed by atoms with van der Waals surface area (Å²) in [7, 11) is 0. The second-order valence-electron chi connectivity index (χ2n) is 5.57. The monoisotopic (exact) mass is 280 g/mol. The van der Waals surface area contributed by atoms with Crippen LogP contribution in [0.3, 0.4) is 0 Å². The van der Waals surface area contributed by atoms with Crippen molar-refractivity contribution in [2.45, 2.75) is 26.3 Å². The summed E-state index contributed by atoms with van der Waals surface area (Å²) in [5.41, 5.74) is 11.6. The third-order valence-electron chi connectivity index (χ3n) is 3.49. The first-order valence-electron chi connectivity index (χ1n) is 7.41. The van der Waals surface area contributed by atoms with Gasteiger partial charge in [0.2, 0.25) is 0 Å². The van der Waals surface area contributed by atoms with Crippen LogP contribution in [0.15, 0.2) is 60.8 Å². The van der Waals surface area contributed by atoms with Gasteiger partial charge in [0.1, 0.15) is 0 Å². The van der Waals surface area contributed by atoms with E-state index in [2.05, 4.69) is 67.4 Å². The van der Waals surface area contributed by atoms with Crippen LogP contribution in [0.25, 0.3) is 0 Å². The Kier molecular flexibility index (Phi) is 5.59. The highest BCUT2D eigenvalue weighted by Crippen LogP contribution is 2.10. The molecule has 0 radical (unpaired) electrons. The largest absolute Gasteiger partial charge is 0.401 e. The zero-order valence-corrected chi connectivity index (χ0v) is 12.7. The van der Waals surface area contributed by atoms with E-state index >= 15 is 0 Å². The van der Waals surface area contributed by atoms with E-state index in [0.717, 1.165) is 19.4 Å². The molecule has 2 rings (SSSR count). The van der Waals surface area contributed by atoms with E-state index in [9.17, 15) is 0 Å². The minimum atomic E-state index is 0.662. The first-order chi connectivity index (χ1) is 10.1. The van der Waals surface area contributed by atoms with Crippen LogP contribution in [0, 0.1) is 6.92 Å². The highest BCUT2D eigenvalue weighted by atomic mass is 14.9. The normalized spacial score (nSPS) is 10.5. The maximum Gasteiger partial charge on any atom is 0.0348 e. The molecular weight excluding hydrogens is 256 g/mol. The Balaban J connectivity index is 1.83. The topological polar surface area (TPSA) is 38.0 Å². The van der Waals surface area contributed by atoms with E-state index in [1.54, 1.807) is 0 Å². The van der Waals surface area contributed by atoms with Gasteiger partial charge in [0.15, 0.2) is 0 Å². The number of hydrogen-bond acceptors (Lipinski definition) is 2. The van der Waals surface area contributed by atoms with E-state index in [4.69, 9.17) is 5.73 Å². The van der Waals surface area contributed by atoms with Crippen molar-refractivity contribution < 1.29 is 0 Å². The molecule has 2 nitrogen and oxygen atoms in total. The standard InChI is InChI=1S/C19H24N2/c1-15-4-3-5-18(12-15)9-6-17-7-10-19(11-8-17)14-21-13-16(2)20/h3-5,7-8,10-12,21H,2,6,9,13-14,20H2,1H3. The van der Waals surface area contributed by atoms with Crippen molar-refractivity contribution in [2.75, 3.05) is 6.54 Å². The lowest BCUT2D eigenvalue weighted by molar-refractivity contribution is 0.736. The third kappa shape index (κ3) is 5.44. The van der Waals surface area contributed by atoms with Gasteiger partial charge in [0.05, 0.1) is 0 Å². The fraction of sp³-hybridized carbons (Fsp3) is 0.263. The Morgan fingerprint density at radius 3 is 2.33 bits per heavy atom. The van der Waals surface area contributed by atoms with Crippen LogP contribution < -0.4 is 11.1 Å². The molecule has 0 aliphatic rings. The van der Waals surface area contributed by atoms with Crippen LogP contribution in [0.4, 0.5) is 0 Å². The van der Waals surface area contributed by atoms with Gasteiger partial charge >= 0.3 is 0 Å². The molecule has 0 saturated heterocycles. The molecule has 0 spiro atoms. The Morgan fingerprint density at radius 1 is 1.00 bits per heavy atom. The van der Waals surface area contributed by atoms with Gasteiger partial charge in [-0.2, -0.15) is 0 Å². The van der Waals surface area contributed by atoms with Crippen molar-refractivity contribution in [3.8, 4) is 0 Å². The average Bonchev–Trinajstić information content (AvgIpc) is 2.46. The number of benzene rings is 2. The fourth-order valence-corrected chi connectivity index (χ4v) is 2.35. The Bertz CT molecular complexity index is 585. The minimum Gasteiger partial charge on any atom is -0.401 e. The van der Waals surface area contributed by atoms with Crippen LogP contribution in [0.1, 0.15) is 22.3 Å². The zero-order valence-electron chi connectivity index (χ0n) is 12.7. The molecule has 0 atom stereocenters. The van der Waals surface area contributed by atoms with E-state index in [-0.39, 0.29) is 0 Å². The molecule has 2 heteroatoms. The van der Waals surface area contributed by atoms with Crippen molar-refractivity contribution in [2.24, 2.45) is 5.73 Å². The smallest absolute Gasteiger partial charge is 0.0348 e. The molecular formula is C19H24N2. The van der Waals surface area contributed by atoms with Gasteiger partial charge in [-0.25, -0.2) is 0 Å². The molecule has 0 aliphatic carbocycles. The molecule has 3 N–H and O–H groups in total. The molecule has 0 heterocycles. The summed E-state index contributed by atoms with van der Waals surface area (Å²) in [5, 5.41) is 3.26.